The van der Waals surface area contributed by atoms with Crippen LogP contribution in [0.3, 0.4) is 0 Å². The van der Waals surface area contributed by atoms with Gasteiger partial charge in [-0.3, -0.25) is 4.79 Å². The van der Waals surface area contributed by atoms with Crippen LogP contribution in [0.25, 0.3) is 0 Å². The summed E-state index contributed by atoms with van der Waals surface area (Å²) in [4.78, 5) is 11.7. The Kier molecular flexibility index (Phi) is 5.39. The first kappa shape index (κ1) is 14.4. The van der Waals surface area contributed by atoms with E-state index in [-0.39, 0.29) is 10.5 Å². The molecule has 6 heteroatoms. The summed E-state index contributed by atoms with van der Waals surface area (Å²) in [6, 6.07) is 1.99. The van der Waals surface area contributed by atoms with Gasteiger partial charge in [0.2, 0.25) is 0 Å². The molecule has 1 atom stereocenters. The van der Waals surface area contributed by atoms with Crippen molar-refractivity contribution in [3.8, 4) is 0 Å². The lowest BCUT2D eigenvalue weighted by Gasteiger charge is -2.13. The van der Waals surface area contributed by atoms with Crippen molar-refractivity contribution in [1.82, 2.24) is 5.32 Å². The summed E-state index contributed by atoms with van der Waals surface area (Å²) < 4.78 is 27.2. The summed E-state index contributed by atoms with van der Waals surface area (Å²) in [5.41, 5.74) is -0.541. The maximum atomic E-state index is 13.5. The number of hydrogen-bond acceptors (Lipinski definition) is 2. The van der Waals surface area contributed by atoms with E-state index in [2.05, 4.69) is 21.2 Å². The van der Waals surface area contributed by atoms with Crippen LogP contribution in [-0.4, -0.2) is 24.0 Å². The van der Waals surface area contributed by atoms with Gasteiger partial charge >= 0.3 is 0 Å². The number of thioether (sulfide) groups is 1. The maximum absolute atomic E-state index is 13.5. The van der Waals surface area contributed by atoms with Crippen molar-refractivity contribution in [2.45, 2.75) is 13.0 Å². The van der Waals surface area contributed by atoms with Gasteiger partial charge in [0.15, 0.2) is 0 Å². The van der Waals surface area contributed by atoms with Crippen LogP contribution in [0.4, 0.5) is 8.78 Å². The van der Waals surface area contributed by atoms with Gasteiger partial charge < -0.3 is 5.32 Å². The molecule has 0 bridgehead atoms. The molecule has 1 aromatic carbocycles. The lowest BCUT2D eigenvalue weighted by Crippen LogP contribution is -2.35. The van der Waals surface area contributed by atoms with Gasteiger partial charge in [-0.25, -0.2) is 8.78 Å². The van der Waals surface area contributed by atoms with Gasteiger partial charge in [-0.1, -0.05) is 15.9 Å². The van der Waals surface area contributed by atoms with Crippen LogP contribution in [-0.2, 0) is 0 Å². The summed E-state index contributed by atoms with van der Waals surface area (Å²) in [7, 11) is 0. The van der Waals surface area contributed by atoms with Crippen LogP contribution in [0.5, 0.6) is 0 Å². The molecular formula is C11H12BrF2NOS. The SMILES string of the molecule is CSC[C@H](C)NC(=O)c1c(F)cc(Br)cc1F. The molecular weight excluding hydrogens is 312 g/mol. The normalized spacial score (nSPS) is 12.3. The second kappa shape index (κ2) is 6.35. The number of carbonyl (C=O) groups excluding carboxylic acids is 1. The highest BCUT2D eigenvalue weighted by Gasteiger charge is 2.19. The highest BCUT2D eigenvalue weighted by molar-refractivity contribution is 9.10. The van der Waals surface area contributed by atoms with E-state index in [1.165, 1.54) is 0 Å². The van der Waals surface area contributed by atoms with E-state index < -0.39 is 23.1 Å². The number of rotatable bonds is 4. The van der Waals surface area contributed by atoms with Gasteiger partial charge in [-0.15, -0.1) is 0 Å². The number of hydrogen-bond donors (Lipinski definition) is 1. The summed E-state index contributed by atoms with van der Waals surface area (Å²) in [5, 5.41) is 2.54. The average Bonchev–Trinajstić information content (AvgIpc) is 2.15. The molecule has 0 heterocycles. The molecule has 0 aliphatic carbocycles. The Morgan fingerprint density at radius 3 is 2.47 bits per heavy atom. The van der Waals surface area contributed by atoms with Crippen LogP contribution in [0.2, 0.25) is 0 Å². The van der Waals surface area contributed by atoms with Crippen molar-refractivity contribution in [3.63, 3.8) is 0 Å². The molecule has 1 amide bonds. The van der Waals surface area contributed by atoms with Gasteiger partial charge in [-0.05, 0) is 25.3 Å². The van der Waals surface area contributed by atoms with E-state index in [1.54, 1.807) is 18.7 Å². The number of nitrogens with one attached hydrogen (secondary N) is 1. The molecule has 0 aromatic heterocycles. The van der Waals surface area contributed by atoms with E-state index >= 15 is 0 Å². The fourth-order valence-corrected chi connectivity index (χ4v) is 2.33. The first-order chi connectivity index (χ1) is 7.95. The lowest BCUT2D eigenvalue weighted by atomic mass is 10.1. The molecule has 94 valence electrons. The summed E-state index contributed by atoms with van der Waals surface area (Å²) in [6.45, 7) is 1.78. The van der Waals surface area contributed by atoms with E-state index in [0.717, 1.165) is 12.1 Å². The van der Waals surface area contributed by atoms with Gasteiger partial charge in [0.05, 0.1) is 0 Å². The lowest BCUT2D eigenvalue weighted by molar-refractivity contribution is 0.0935. The fraction of sp³-hybridized carbons (Fsp3) is 0.364. The van der Waals surface area contributed by atoms with Crippen LogP contribution < -0.4 is 5.32 Å². The van der Waals surface area contributed by atoms with E-state index in [0.29, 0.717) is 5.75 Å². The molecule has 1 N–H and O–H groups in total. The van der Waals surface area contributed by atoms with E-state index in [1.807, 2.05) is 6.26 Å². The molecule has 0 fully saturated rings. The fourth-order valence-electron chi connectivity index (χ4n) is 1.35. The quantitative estimate of drug-likeness (QED) is 0.921. The standard InChI is InChI=1S/C11H12BrF2NOS/c1-6(5-17-2)15-11(16)10-8(13)3-7(12)4-9(10)14/h3-4,6H,5H2,1-2H3,(H,15,16)/t6-/m0/s1. The molecule has 0 spiro atoms. The summed E-state index contributed by atoms with van der Waals surface area (Å²) in [6.07, 6.45) is 1.89. The topological polar surface area (TPSA) is 29.1 Å². The molecule has 0 radical (unpaired) electrons. The Bertz CT molecular complexity index is 405. The maximum Gasteiger partial charge on any atom is 0.257 e. The molecule has 0 saturated carbocycles. The van der Waals surface area contributed by atoms with Crippen LogP contribution in [0, 0.1) is 11.6 Å². The zero-order valence-electron chi connectivity index (χ0n) is 9.39. The van der Waals surface area contributed by atoms with Crippen LogP contribution >= 0.6 is 27.7 Å². The number of amides is 1. The summed E-state index contributed by atoms with van der Waals surface area (Å²) in [5.74, 6) is -1.78. The highest BCUT2D eigenvalue weighted by atomic mass is 79.9. The molecule has 0 unspecified atom stereocenters. The summed E-state index contributed by atoms with van der Waals surface area (Å²) >= 11 is 4.50. The minimum absolute atomic E-state index is 0.139. The Morgan fingerprint density at radius 2 is 2.00 bits per heavy atom. The molecule has 2 nitrogen and oxygen atoms in total. The third-order valence-corrected chi connectivity index (χ3v) is 3.32. The first-order valence-corrected chi connectivity index (χ1v) is 7.08. The van der Waals surface area contributed by atoms with Crippen molar-refractivity contribution in [3.05, 3.63) is 33.8 Å². The van der Waals surface area contributed by atoms with Crippen molar-refractivity contribution in [1.29, 1.82) is 0 Å². The first-order valence-electron chi connectivity index (χ1n) is 4.90. The molecule has 1 aromatic rings. The Morgan fingerprint density at radius 1 is 1.47 bits per heavy atom. The van der Waals surface area contributed by atoms with Gasteiger partial charge in [0.1, 0.15) is 17.2 Å². The Labute approximate surface area is 111 Å². The number of carbonyl (C=O) groups is 1. The second-order valence-corrected chi connectivity index (χ2v) is 5.40. The minimum atomic E-state index is -0.870. The third kappa shape index (κ3) is 3.96. The highest BCUT2D eigenvalue weighted by Crippen LogP contribution is 2.19. The third-order valence-electron chi connectivity index (χ3n) is 2.03. The zero-order valence-corrected chi connectivity index (χ0v) is 11.8. The molecule has 0 aliphatic heterocycles. The molecule has 0 aliphatic rings. The van der Waals surface area contributed by atoms with Crippen molar-refractivity contribution < 1.29 is 13.6 Å². The number of benzene rings is 1. The zero-order chi connectivity index (χ0) is 13.0. The largest absolute Gasteiger partial charge is 0.349 e. The molecule has 17 heavy (non-hydrogen) atoms. The monoisotopic (exact) mass is 323 g/mol. The minimum Gasteiger partial charge on any atom is -0.349 e. The predicted octanol–water partition coefficient (Wildman–Crippen LogP) is 3.21. The Balaban J connectivity index is 2.89. The molecule has 1 rings (SSSR count). The van der Waals surface area contributed by atoms with E-state index in [9.17, 15) is 13.6 Å². The average molecular weight is 324 g/mol. The Hall–Kier alpha value is -0.620. The van der Waals surface area contributed by atoms with Crippen molar-refractivity contribution in [2.24, 2.45) is 0 Å². The van der Waals surface area contributed by atoms with Gasteiger partial charge in [0.25, 0.3) is 5.91 Å². The molecule has 0 saturated heterocycles. The predicted molar refractivity (Wildman–Crippen MR) is 69.4 cm³/mol. The van der Waals surface area contributed by atoms with Crippen LogP contribution in [0.15, 0.2) is 16.6 Å². The van der Waals surface area contributed by atoms with Gasteiger partial charge in [0, 0.05) is 16.3 Å². The smallest absolute Gasteiger partial charge is 0.257 e. The van der Waals surface area contributed by atoms with Crippen LogP contribution in [0.1, 0.15) is 17.3 Å². The van der Waals surface area contributed by atoms with Crippen molar-refractivity contribution >= 4 is 33.6 Å². The number of halogens is 3. The van der Waals surface area contributed by atoms with Crippen molar-refractivity contribution in [2.75, 3.05) is 12.0 Å². The van der Waals surface area contributed by atoms with E-state index in [4.69, 9.17) is 0 Å². The van der Waals surface area contributed by atoms with Gasteiger partial charge in [-0.2, -0.15) is 11.8 Å². The second-order valence-electron chi connectivity index (χ2n) is 3.57.